The molecule has 0 spiro atoms. The van der Waals surface area contributed by atoms with E-state index in [2.05, 4.69) is 71.0 Å². The summed E-state index contributed by atoms with van der Waals surface area (Å²) in [5.74, 6) is 5.51. The first-order valence-corrected chi connectivity index (χ1v) is 15.2. The predicted molar refractivity (Wildman–Crippen MR) is 148 cm³/mol. The van der Waals surface area contributed by atoms with Gasteiger partial charge in [-0.15, -0.1) is 0 Å². The lowest BCUT2D eigenvalue weighted by atomic mass is 9.47. The van der Waals surface area contributed by atoms with Crippen LogP contribution < -0.4 is 0 Å². The van der Waals surface area contributed by atoms with Gasteiger partial charge in [0.15, 0.2) is 0 Å². The molecule has 4 aliphatic rings. The molecule has 3 saturated carbocycles. The lowest BCUT2D eigenvalue weighted by molar-refractivity contribution is -0.0656. The van der Waals surface area contributed by atoms with E-state index >= 15 is 0 Å². The van der Waals surface area contributed by atoms with E-state index < -0.39 is 0 Å². The number of hydrogen-bond acceptors (Lipinski definition) is 1. The molecule has 0 bridgehead atoms. The third-order valence-corrected chi connectivity index (χ3v) is 11.6. The summed E-state index contributed by atoms with van der Waals surface area (Å²) in [6.45, 7) is 13.5. The van der Waals surface area contributed by atoms with E-state index in [4.69, 9.17) is 4.74 Å². The maximum atomic E-state index is 6.43. The second-order valence-electron chi connectivity index (χ2n) is 14.0. The van der Waals surface area contributed by atoms with Gasteiger partial charge in [0.25, 0.3) is 0 Å². The summed E-state index contributed by atoms with van der Waals surface area (Å²) in [6, 6.07) is 10.7. The van der Waals surface area contributed by atoms with Crippen molar-refractivity contribution in [1.29, 1.82) is 0 Å². The SMILES string of the molecule is CC(C)CCC[C@H](C)[C@H]1CC[C@H]2[C@@H]3CC=C4C[C@@H](OCc5ccccc5)CC[C@]4(C)[C@H]3CC[C@]12C. The smallest absolute Gasteiger partial charge is 0.0720 e. The lowest BCUT2D eigenvalue weighted by Gasteiger charge is -2.58. The average Bonchev–Trinajstić information content (AvgIpc) is 3.20. The molecule has 1 aromatic rings. The first-order chi connectivity index (χ1) is 16.8. The van der Waals surface area contributed by atoms with Crippen LogP contribution in [-0.4, -0.2) is 6.10 Å². The fourth-order valence-electron chi connectivity index (χ4n) is 9.58. The molecule has 8 atom stereocenters. The fraction of sp³-hybridized carbons (Fsp3) is 0.765. The standard InChI is InChI=1S/C34H52O/c1-24(2)10-9-11-25(3)30-16-17-31-29-15-14-27-22-28(35-23-26-12-7-6-8-13-26)18-20-33(27,4)32(29)19-21-34(30,31)5/h6-8,12-14,24-25,28-32H,9-11,15-23H2,1-5H3/t25-,28-,29-,30+,31-,32-,33-,34+/m0/s1. The molecule has 35 heavy (non-hydrogen) atoms. The van der Waals surface area contributed by atoms with E-state index in [0.29, 0.717) is 16.9 Å². The highest BCUT2D eigenvalue weighted by atomic mass is 16.5. The summed E-state index contributed by atoms with van der Waals surface area (Å²) >= 11 is 0. The van der Waals surface area contributed by atoms with Gasteiger partial charge in [-0.1, -0.05) is 95.9 Å². The summed E-state index contributed by atoms with van der Waals surface area (Å²) in [4.78, 5) is 0. The van der Waals surface area contributed by atoms with Gasteiger partial charge >= 0.3 is 0 Å². The Kier molecular flexibility index (Phi) is 7.56. The Balaban J connectivity index is 1.24. The van der Waals surface area contributed by atoms with Crippen LogP contribution >= 0.6 is 0 Å². The molecule has 4 aliphatic carbocycles. The maximum absolute atomic E-state index is 6.43. The third-order valence-electron chi connectivity index (χ3n) is 11.6. The normalized spacial score (nSPS) is 39.5. The van der Waals surface area contributed by atoms with Gasteiger partial charge in [-0.25, -0.2) is 0 Å². The lowest BCUT2D eigenvalue weighted by Crippen LogP contribution is -2.51. The average molecular weight is 477 g/mol. The number of fused-ring (bicyclic) bond motifs is 5. The van der Waals surface area contributed by atoms with Gasteiger partial charge in [0, 0.05) is 0 Å². The minimum absolute atomic E-state index is 0.405. The Labute approximate surface area is 216 Å². The molecular weight excluding hydrogens is 424 g/mol. The van der Waals surface area contributed by atoms with Crippen LogP contribution in [0, 0.1) is 46.3 Å². The summed E-state index contributed by atoms with van der Waals surface area (Å²) in [5.41, 5.74) is 4.08. The van der Waals surface area contributed by atoms with E-state index in [0.717, 1.165) is 42.1 Å². The molecule has 194 valence electrons. The fourth-order valence-corrected chi connectivity index (χ4v) is 9.58. The van der Waals surface area contributed by atoms with Crippen molar-refractivity contribution in [2.75, 3.05) is 0 Å². The second kappa shape index (κ2) is 10.4. The minimum atomic E-state index is 0.405. The van der Waals surface area contributed by atoms with Crippen molar-refractivity contribution < 1.29 is 4.74 Å². The zero-order valence-corrected chi connectivity index (χ0v) is 23.4. The van der Waals surface area contributed by atoms with Crippen molar-refractivity contribution in [3.05, 3.63) is 47.5 Å². The molecule has 0 N–H and O–H groups in total. The van der Waals surface area contributed by atoms with Crippen molar-refractivity contribution in [2.45, 2.75) is 118 Å². The minimum Gasteiger partial charge on any atom is -0.373 e. The quantitative estimate of drug-likeness (QED) is 0.339. The number of benzene rings is 1. The van der Waals surface area contributed by atoms with Crippen LogP contribution in [0.1, 0.15) is 111 Å². The van der Waals surface area contributed by atoms with E-state index in [-0.39, 0.29) is 0 Å². The van der Waals surface area contributed by atoms with E-state index in [1.165, 1.54) is 76.2 Å². The number of allylic oxidation sites excluding steroid dienone is 1. The van der Waals surface area contributed by atoms with Crippen LogP contribution in [0.25, 0.3) is 0 Å². The molecule has 1 heteroatoms. The van der Waals surface area contributed by atoms with Crippen LogP contribution in [0.2, 0.25) is 0 Å². The zero-order valence-electron chi connectivity index (χ0n) is 23.4. The Morgan fingerprint density at radius 1 is 0.914 bits per heavy atom. The summed E-state index contributed by atoms with van der Waals surface area (Å²) in [7, 11) is 0. The molecule has 0 unspecified atom stereocenters. The molecule has 0 aliphatic heterocycles. The molecule has 0 radical (unpaired) electrons. The molecular formula is C34H52O. The molecule has 3 fully saturated rings. The van der Waals surface area contributed by atoms with Crippen LogP contribution in [0.4, 0.5) is 0 Å². The van der Waals surface area contributed by atoms with Crippen LogP contribution in [0.5, 0.6) is 0 Å². The molecule has 5 rings (SSSR count). The van der Waals surface area contributed by atoms with Gasteiger partial charge < -0.3 is 4.74 Å². The van der Waals surface area contributed by atoms with Crippen molar-refractivity contribution in [1.82, 2.24) is 0 Å². The summed E-state index contributed by atoms with van der Waals surface area (Å²) in [5, 5.41) is 0. The first-order valence-electron chi connectivity index (χ1n) is 15.2. The molecule has 1 aromatic carbocycles. The van der Waals surface area contributed by atoms with Crippen LogP contribution in [0.15, 0.2) is 42.0 Å². The highest BCUT2D eigenvalue weighted by Gasteiger charge is 2.59. The van der Waals surface area contributed by atoms with Gasteiger partial charge in [-0.3, -0.25) is 0 Å². The van der Waals surface area contributed by atoms with Crippen molar-refractivity contribution in [3.63, 3.8) is 0 Å². The number of ether oxygens (including phenoxy) is 1. The van der Waals surface area contributed by atoms with E-state index in [1.807, 2.05) is 0 Å². The zero-order chi connectivity index (χ0) is 24.6. The largest absolute Gasteiger partial charge is 0.373 e. The van der Waals surface area contributed by atoms with Crippen molar-refractivity contribution >= 4 is 0 Å². The number of rotatable bonds is 8. The molecule has 0 amide bonds. The highest BCUT2D eigenvalue weighted by Crippen LogP contribution is 2.67. The summed E-state index contributed by atoms with van der Waals surface area (Å²) < 4.78 is 6.43. The topological polar surface area (TPSA) is 9.23 Å². The molecule has 0 aromatic heterocycles. The van der Waals surface area contributed by atoms with Crippen molar-refractivity contribution in [2.24, 2.45) is 46.3 Å². The Morgan fingerprint density at radius 3 is 2.49 bits per heavy atom. The van der Waals surface area contributed by atoms with Gasteiger partial charge in [-0.2, -0.15) is 0 Å². The maximum Gasteiger partial charge on any atom is 0.0720 e. The van der Waals surface area contributed by atoms with Gasteiger partial charge in [0.05, 0.1) is 12.7 Å². The summed E-state index contributed by atoms with van der Waals surface area (Å²) in [6.07, 6.45) is 18.4. The molecule has 0 heterocycles. The highest BCUT2D eigenvalue weighted by molar-refractivity contribution is 5.25. The second-order valence-corrected chi connectivity index (χ2v) is 14.0. The third kappa shape index (κ3) is 4.93. The number of hydrogen-bond donors (Lipinski definition) is 0. The monoisotopic (exact) mass is 476 g/mol. The molecule has 1 nitrogen and oxygen atoms in total. The van der Waals surface area contributed by atoms with E-state index in [9.17, 15) is 0 Å². The van der Waals surface area contributed by atoms with E-state index in [1.54, 1.807) is 5.57 Å². The van der Waals surface area contributed by atoms with Crippen molar-refractivity contribution in [3.8, 4) is 0 Å². The van der Waals surface area contributed by atoms with Gasteiger partial charge in [0.1, 0.15) is 0 Å². The van der Waals surface area contributed by atoms with Gasteiger partial charge in [0.2, 0.25) is 0 Å². The van der Waals surface area contributed by atoms with Crippen LogP contribution in [0.3, 0.4) is 0 Å². The van der Waals surface area contributed by atoms with Crippen LogP contribution in [-0.2, 0) is 11.3 Å². The molecule has 0 saturated heterocycles. The van der Waals surface area contributed by atoms with Gasteiger partial charge in [-0.05, 0) is 103 Å². The Bertz CT molecular complexity index is 870. The Hall–Kier alpha value is -1.08. The first kappa shape index (κ1) is 25.6. The Morgan fingerprint density at radius 2 is 1.71 bits per heavy atom. The predicted octanol–water partition coefficient (Wildman–Crippen LogP) is 9.61.